The fourth-order valence-electron chi connectivity index (χ4n) is 2.43. The third-order valence-electron chi connectivity index (χ3n) is 3.64. The Morgan fingerprint density at radius 2 is 1.80 bits per heavy atom. The molecule has 20 heavy (non-hydrogen) atoms. The lowest BCUT2D eigenvalue weighted by molar-refractivity contribution is 0.297. The molecule has 2 heteroatoms. The predicted octanol–water partition coefficient (Wildman–Crippen LogP) is 3.82. The van der Waals surface area contributed by atoms with Crippen LogP contribution < -0.4 is 4.74 Å². The van der Waals surface area contributed by atoms with Crippen molar-refractivity contribution in [3.8, 4) is 16.9 Å². The molecule has 1 aliphatic heterocycles. The summed E-state index contributed by atoms with van der Waals surface area (Å²) in [6, 6.07) is 14.7. The van der Waals surface area contributed by atoms with Crippen LogP contribution in [0, 0.1) is 6.92 Å². The Morgan fingerprint density at radius 1 is 1.05 bits per heavy atom. The normalized spacial score (nSPS) is 14.0. The topological polar surface area (TPSA) is 29.5 Å². The van der Waals surface area contributed by atoms with Gasteiger partial charge in [0.1, 0.15) is 5.75 Å². The monoisotopic (exact) mass is 266 g/mol. The minimum Gasteiger partial charge on any atom is -0.493 e. The lowest BCUT2D eigenvalue weighted by Crippen LogP contribution is -1.98. The van der Waals surface area contributed by atoms with Gasteiger partial charge in [-0.1, -0.05) is 35.9 Å². The molecule has 0 fully saturated rings. The molecule has 0 spiro atoms. The van der Waals surface area contributed by atoms with Crippen molar-refractivity contribution in [3.63, 3.8) is 0 Å². The number of aliphatic hydroxyl groups excluding tert-OH is 1. The van der Waals surface area contributed by atoms with E-state index < -0.39 is 0 Å². The Balaban J connectivity index is 2.03. The minimum atomic E-state index is 0.0948. The molecule has 0 saturated heterocycles. The van der Waals surface area contributed by atoms with Crippen molar-refractivity contribution in [1.82, 2.24) is 0 Å². The van der Waals surface area contributed by atoms with Crippen molar-refractivity contribution in [2.75, 3.05) is 13.2 Å². The lowest BCUT2D eigenvalue weighted by Gasteiger charge is -2.09. The minimum absolute atomic E-state index is 0.0948. The van der Waals surface area contributed by atoms with Gasteiger partial charge < -0.3 is 9.84 Å². The molecule has 0 radical (unpaired) electrons. The van der Waals surface area contributed by atoms with E-state index in [1.165, 1.54) is 16.7 Å². The average Bonchev–Trinajstić information content (AvgIpc) is 2.69. The number of rotatable bonds is 2. The van der Waals surface area contributed by atoms with Gasteiger partial charge in [-0.05, 0) is 41.8 Å². The molecule has 102 valence electrons. The van der Waals surface area contributed by atoms with Crippen LogP contribution in [-0.2, 0) is 0 Å². The van der Waals surface area contributed by atoms with Crippen molar-refractivity contribution >= 4 is 6.08 Å². The summed E-state index contributed by atoms with van der Waals surface area (Å²) < 4.78 is 5.73. The standard InChI is InChI=1S/C18H18O2/c1-13-2-4-15(5-3-13)16-6-7-18-17(11-16)10-14(12-19)8-9-20-18/h2-7,10-11,19H,8-9,12H2,1H3. The van der Waals surface area contributed by atoms with Gasteiger partial charge in [0.15, 0.2) is 0 Å². The summed E-state index contributed by atoms with van der Waals surface area (Å²) in [4.78, 5) is 0. The first-order valence-electron chi connectivity index (χ1n) is 6.90. The maximum absolute atomic E-state index is 9.33. The van der Waals surface area contributed by atoms with Crippen molar-refractivity contribution in [3.05, 3.63) is 59.2 Å². The molecule has 0 saturated carbocycles. The Morgan fingerprint density at radius 3 is 2.55 bits per heavy atom. The molecule has 0 atom stereocenters. The first-order chi connectivity index (χ1) is 9.76. The molecule has 2 aromatic carbocycles. The first kappa shape index (κ1) is 12.9. The quantitative estimate of drug-likeness (QED) is 0.895. The predicted molar refractivity (Wildman–Crippen MR) is 81.8 cm³/mol. The van der Waals surface area contributed by atoms with Gasteiger partial charge in [-0.25, -0.2) is 0 Å². The SMILES string of the molecule is Cc1ccc(-c2ccc3c(c2)C=C(CO)CCO3)cc1. The highest BCUT2D eigenvalue weighted by atomic mass is 16.5. The van der Waals surface area contributed by atoms with E-state index in [2.05, 4.69) is 43.3 Å². The van der Waals surface area contributed by atoms with Gasteiger partial charge in [0.05, 0.1) is 13.2 Å². The van der Waals surface area contributed by atoms with Crippen LogP contribution in [0.2, 0.25) is 0 Å². The zero-order valence-corrected chi connectivity index (χ0v) is 11.6. The van der Waals surface area contributed by atoms with Crippen LogP contribution in [0.4, 0.5) is 0 Å². The summed E-state index contributed by atoms with van der Waals surface area (Å²) in [7, 11) is 0. The summed E-state index contributed by atoms with van der Waals surface area (Å²) in [6.07, 6.45) is 2.82. The van der Waals surface area contributed by atoms with E-state index in [1.54, 1.807) is 0 Å². The number of hydrogen-bond donors (Lipinski definition) is 1. The molecule has 0 amide bonds. The molecule has 1 aliphatic rings. The molecule has 0 aliphatic carbocycles. The zero-order chi connectivity index (χ0) is 13.9. The fraction of sp³-hybridized carbons (Fsp3) is 0.222. The van der Waals surface area contributed by atoms with Crippen molar-refractivity contribution in [2.45, 2.75) is 13.3 Å². The summed E-state index contributed by atoms with van der Waals surface area (Å²) in [5.41, 5.74) is 5.69. The van der Waals surface area contributed by atoms with Crippen molar-refractivity contribution < 1.29 is 9.84 Å². The Labute approximate surface area is 119 Å². The van der Waals surface area contributed by atoms with E-state index >= 15 is 0 Å². The van der Waals surface area contributed by atoms with Crippen LogP contribution >= 0.6 is 0 Å². The summed E-state index contributed by atoms with van der Waals surface area (Å²) in [5, 5.41) is 9.33. The fourth-order valence-corrected chi connectivity index (χ4v) is 2.43. The highest BCUT2D eigenvalue weighted by molar-refractivity contribution is 5.71. The maximum atomic E-state index is 9.33. The van der Waals surface area contributed by atoms with Gasteiger partial charge in [0, 0.05) is 12.0 Å². The van der Waals surface area contributed by atoms with Gasteiger partial charge in [0.2, 0.25) is 0 Å². The largest absolute Gasteiger partial charge is 0.493 e. The van der Waals surface area contributed by atoms with E-state index in [0.717, 1.165) is 23.3 Å². The molecule has 1 heterocycles. The second kappa shape index (κ2) is 5.51. The lowest BCUT2D eigenvalue weighted by atomic mass is 10.0. The Kier molecular flexibility index (Phi) is 3.57. The molecule has 1 N–H and O–H groups in total. The van der Waals surface area contributed by atoms with Gasteiger partial charge in [-0.2, -0.15) is 0 Å². The third-order valence-corrected chi connectivity index (χ3v) is 3.64. The molecule has 0 unspecified atom stereocenters. The van der Waals surface area contributed by atoms with E-state index in [9.17, 15) is 5.11 Å². The molecule has 3 rings (SSSR count). The number of benzene rings is 2. The summed E-state index contributed by atoms with van der Waals surface area (Å²) in [6.45, 7) is 2.81. The molecular formula is C18H18O2. The maximum Gasteiger partial charge on any atom is 0.126 e. The molecule has 0 bridgehead atoms. The number of hydrogen-bond acceptors (Lipinski definition) is 2. The van der Waals surface area contributed by atoms with E-state index in [0.29, 0.717) is 6.61 Å². The van der Waals surface area contributed by atoms with Crippen molar-refractivity contribution in [2.24, 2.45) is 0 Å². The van der Waals surface area contributed by atoms with Crippen LogP contribution in [-0.4, -0.2) is 18.3 Å². The number of ether oxygens (including phenoxy) is 1. The second-order valence-electron chi connectivity index (χ2n) is 5.18. The number of fused-ring (bicyclic) bond motifs is 1. The highest BCUT2D eigenvalue weighted by Crippen LogP contribution is 2.30. The summed E-state index contributed by atoms with van der Waals surface area (Å²) >= 11 is 0. The van der Waals surface area contributed by atoms with E-state index in [1.807, 2.05) is 12.1 Å². The van der Waals surface area contributed by atoms with Gasteiger partial charge in [0.25, 0.3) is 0 Å². The van der Waals surface area contributed by atoms with Crippen LogP contribution in [0.15, 0.2) is 48.0 Å². The van der Waals surface area contributed by atoms with Crippen molar-refractivity contribution in [1.29, 1.82) is 0 Å². The second-order valence-corrected chi connectivity index (χ2v) is 5.18. The number of aliphatic hydroxyl groups is 1. The van der Waals surface area contributed by atoms with E-state index in [-0.39, 0.29) is 6.61 Å². The average molecular weight is 266 g/mol. The van der Waals surface area contributed by atoms with Crippen LogP contribution in [0.5, 0.6) is 5.75 Å². The Bertz CT molecular complexity index is 639. The van der Waals surface area contributed by atoms with E-state index in [4.69, 9.17) is 4.74 Å². The molecule has 2 aromatic rings. The highest BCUT2D eigenvalue weighted by Gasteiger charge is 2.10. The molecule has 0 aromatic heterocycles. The van der Waals surface area contributed by atoms with Crippen LogP contribution in [0.3, 0.4) is 0 Å². The molecule has 2 nitrogen and oxygen atoms in total. The first-order valence-corrected chi connectivity index (χ1v) is 6.90. The zero-order valence-electron chi connectivity index (χ0n) is 11.6. The van der Waals surface area contributed by atoms with Crippen LogP contribution in [0.1, 0.15) is 17.5 Å². The van der Waals surface area contributed by atoms with Gasteiger partial charge >= 0.3 is 0 Å². The summed E-state index contributed by atoms with van der Waals surface area (Å²) in [5.74, 6) is 0.893. The van der Waals surface area contributed by atoms with Gasteiger partial charge in [-0.3, -0.25) is 0 Å². The third kappa shape index (κ3) is 2.61. The van der Waals surface area contributed by atoms with Gasteiger partial charge in [-0.15, -0.1) is 0 Å². The Hall–Kier alpha value is -2.06. The van der Waals surface area contributed by atoms with Crippen LogP contribution in [0.25, 0.3) is 17.2 Å². The number of aryl methyl sites for hydroxylation is 1. The molecular weight excluding hydrogens is 248 g/mol. The smallest absolute Gasteiger partial charge is 0.126 e.